The first kappa shape index (κ1) is 13.8. The zero-order valence-electron chi connectivity index (χ0n) is 10.6. The molecule has 2 heterocycles. The first-order valence-electron chi connectivity index (χ1n) is 5.45. The summed E-state index contributed by atoms with van der Waals surface area (Å²) in [6, 6.07) is 3.76. The third kappa shape index (κ3) is 3.02. The topological polar surface area (TPSA) is 89.2 Å². The molecule has 0 radical (unpaired) electrons. The molecule has 0 saturated carbocycles. The average molecular weight is 298 g/mol. The fourth-order valence-corrected chi connectivity index (χ4v) is 3.90. The predicted molar refractivity (Wildman–Crippen MR) is 76.0 cm³/mol. The lowest BCUT2D eigenvalue weighted by molar-refractivity contribution is 0.602. The standard InChI is InChI=1S/C11H14N4O2S2/c1-15(7-8-4-3-5-13-6-8)11-9(19(2,16)17)10(12)14-18-11/h3-6H,7H2,1-2H3,(H2,12,14). The summed E-state index contributed by atoms with van der Waals surface area (Å²) >= 11 is 1.08. The van der Waals surface area contributed by atoms with Gasteiger partial charge in [-0.3, -0.25) is 4.98 Å². The molecule has 0 bridgehead atoms. The van der Waals surface area contributed by atoms with Gasteiger partial charge in [-0.15, -0.1) is 0 Å². The zero-order valence-corrected chi connectivity index (χ0v) is 12.2. The molecule has 19 heavy (non-hydrogen) atoms. The lowest BCUT2D eigenvalue weighted by Gasteiger charge is -2.17. The molecule has 0 aromatic carbocycles. The van der Waals surface area contributed by atoms with Crippen LogP contribution in [0.15, 0.2) is 29.4 Å². The van der Waals surface area contributed by atoms with Crippen molar-refractivity contribution >= 4 is 32.2 Å². The van der Waals surface area contributed by atoms with Gasteiger partial charge < -0.3 is 10.6 Å². The highest BCUT2D eigenvalue weighted by Crippen LogP contribution is 2.34. The molecule has 0 aliphatic heterocycles. The lowest BCUT2D eigenvalue weighted by atomic mass is 10.3. The van der Waals surface area contributed by atoms with E-state index in [0.717, 1.165) is 23.4 Å². The maximum Gasteiger partial charge on any atom is 0.182 e. The number of nitrogens with two attached hydrogens (primary N) is 1. The van der Waals surface area contributed by atoms with Crippen LogP contribution in [-0.2, 0) is 16.4 Å². The molecule has 0 atom stereocenters. The summed E-state index contributed by atoms with van der Waals surface area (Å²) in [6.45, 7) is 0.540. The van der Waals surface area contributed by atoms with Gasteiger partial charge in [0.25, 0.3) is 0 Å². The second kappa shape index (κ2) is 5.14. The normalized spacial score (nSPS) is 11.5. The smallest absolute Gasteiger partial charge is 0.182 e. The van der Waals surface area contributed by atoms with Gasteiger partial charge in [0.15, 0.2) is 15.7 Å². The Bertz CT molecular complexity index is 667. The second-order valence-electron chi connectivity index (χ2n) is 4.19. The Morgan fingerprint density at radius 3 is 2.79 bits per heavy atom. The van der Waals surface area contributed by atoms with Crippen LogP contribution >= 0.6 is 11.5 Å². The van der Waals surface area contributed by atoms with Crippen LogP contribution in [0.2, 0.25) is 0 Å². The summed E-state index contributed by atoms with van der Waals surface area (Å²) < 4.78 is 27.4. The maximum absolute atomic E-state index is 11.7. The summed E-state index contributed by atoms with van der Waals surface area (Å²) in [6.07, 6.45) is 4.56. The minimum Gasteiger partial charge on any atom is -0.382 e. The third-order valence-corrected chi connectivity index (χ3v) is 4.77. The molecule has 0 amide bonds. The van der Waals surface area contributed by atoms with Gasteiger partial charge in [0.05, 0.1) is 0 Å². The Labute approximate surface area is 116 Å². The second-order valence-corrected chi connectivity index (χ2v) is 6.90. The molecule has 0 aliphatic carbocycles. The average Bonchev–Trinajstić information content (AvgIpc) is 2.72. The lowest BCUT2D eigenvalue weighted by Crippen LogP contribution is -2.18. The van der Waals surface area contributed by atoms with Crippen LogP contribution in [0.25, 0.3) is 0 Å². The molecule has 6 nitrogen and oxygen atoms in total. The first-order chi connectivity index (χ1) is 8.89. The van der Waals surface area contributed by atoms with E-state index >= 15 is 0 Å². The first-order valence-corrected chi connectivity index (χ1v) is 8.11. The monoisotopic (exact) mass is 298 g/mol. The third-order valence-electron chi connectivity index (χ3n) is 2.52. The van der Waals surface area contributed by atoms with Crippen LogP contribution in [0.3, 0.4) is 0 Å². The van der Waals surface area contributed by atoms with Gasteiger partial charge in [0.1, 0.15) is 9.90 Å². The van der Waals surface area contributed by atoms with E-state index in [9.17, 15) is 8.42 Å². The molecule has 0 unspecified atom stereocenters. The minimum absolute atomic E-state index is 0.0561. The van der Waals surface area contributed by atoms with Gasteiger partial charge in [-0.05, 0) is 23.2 Å². The van der Waals surface area contributed by atoms with Crippen LogP contribution in [0.4, 0.5) is 10.8 Å². The van der Waals surface area contributed by atoms with E-state index < -0.39 is 9.84 Å². The Balaban J connectivity index is 2.33. The number of pyridine rings is 1. The number of hydrogen-bond acceptors (Lipinski definition) is 7. The molecule has 8 heteroatoms. The summed E-state index contributed by atoms with van der Waals surface area (Å²) in [4.78, 5) is 5.93. The Hall–Kier alpha value is -1.67. The van der Waals surface area contributed by atoms with Crippen LogP contribution in [0, 0.1) is 0 Å². The van der Waals surface area contributed by atoms with Gasteiger partial charge in [0, 0.05) is 32.2 Å². The number of nitrogens with zero attached hydrogens (tertiary/aromatic N) is 3. The maximum atomic E-state index is 11.7. The summed E-state index contributed by atoms with van der Waals surface area (Å²) in [5.41, 5.74) is 6.62. The van der Waals surface area contributed by atoms with Gasteiger partial charge >= 0.3 is 0 Å². The highest BCUT2D eigenvalue weighted by molar-refractivity contribution is 7.91. The molecule has 0 spiro atoms. The minimum atomic E-state index is -3.39. The molecular weight excluding hydrogens is 284 g/mol. The van der Waals surface area contributed by atoms with E-state index in [-0.39, 0.29) is 10.7 Å². The van der Waals surface area contributed by atoms with E-state index in [1.54, 1.807) is 24.3 Å². The van der Waals surface area contributed by atoms with Crippen molar-refractivity contribution in [3.8, 4) is 0 Å². The number of nitrogen functional groups attached to an aromatic ring is 1. The quantitative estimate of drug-likeness (QED) is 0.911. The van der Waals surface area contributed by atoms with Crippen molar-refractivity contribution in [1.82, 2.24) is 9.36 Å². The SMILES string of the molecule is CN(Cc1cccnc1)c1snc(N)c1S(C)(=O)=O. The fourth-order valence-electron chi connectivity index (χ4n) is 1.71. The van der Waals surface area contributed by atoms with Gasteiger partial charge in [-0.1, -0.05) is 6.07 Å². The molecular formula is C11H14N4O2S2. The summed E-state index contributed by atoms with van der Waals surface area (Å²) in [5.74, 6) is 0.0561. The molecule has 2 N–H and O–H groups in total. The number of rotatable bonds is 4. The number of aromatic nitrogens is 2. The van der Waals surface area contributed by atoms with Gasteiger partial charge in [-0.25, -0.2) is 8.42 Å². The molecule has 2 aromatic rings. The Morgan fingerprint density at radius 2 is 2.21 bits per heavy atom. The molecule has 0 aliphatic rings. The highest BCUT2D eigenvalue weighted by Gasteiger charge is 2.23. The Kier molecular flexibility index (Phi) is 3.72. The largest absolute Gasteiger partial charge is 0.382 e. The van der Waals surface area contributed by atoms with E-state index in [1.165, 1.54) is 0 Å². The van der Waals surface area contributed by atoms with E-state index in [2.05, 4.69) is 9.36 Å². The van der Waals surface area contributed by atoms with E-state index in [4.69, 9.17) is 5.73 Å². The molecule has 0 saturated heterocycles. The number of sulfone groups is 1. The van der Waals surface area contributed by atoms with Crippen molar-refractivity contribution in [2.75, 3.05) is 23.9 Å². The van der Waals surface area contributed by atoms with Gasteiger partial charge in [-0.2, -0.15) is 4.37 Å². The van der Waals surface area contributed by atoms with Crippen LogP contribution in [0.1, 0.15) is 5.56 Å². The molecule has 0 fully saturated rings. The van der Waals surface area contributed by atoms with Crippen LogP contribution < -0.4 is 10.6 Å². The van der Waals surface area contributed by atoms with Crippen molar-refractivity contribution in [3.63, 3.8) is 0 Å². The molecule has 2 rings (SSSR count). The zero-order chi connectivity index (χ0) is 14.0. The predicted octanol–water partition coefficient (Wildman–Crippen LogP) is 1.16. The van der Waals surface area contributed by atoms with Crippen molar-refractivity contribution < 1.29 is 8.42 Å². The molecule has 2 aromatic heterocycles. The highest BCUT2D eigenvalue weighted by atomic mass is 32.2. The molecule has 102 valence electrons. The van der Waals surface area contributed by atoms with Crippen molar-refractivity contribution in [3.05, 3.63) is 30.1 Å². The van der Waals surface area contributed by atoms with E-state index in [0.29, 0.717) is 11.5 Å². The fraction of sp³-hybridized carbons (Fsp3) is 0.273. The number of hydrogen-bond donors (Lipinski definition) is 1. The van der Waals surface area contributed by atoms with Crippen molar-refractivity contribution in [2.45, 2.75) is 11.4 Å². The van der Waals surface area contributed by atoms with Gasteiger partial charge in [0.2, 0.25) is 0 Å². The Morgan fingerprint density at radius 1 is 1.47 bits per heavy atom. The van der Waals surface area contributed by atoms with Crippen molar-refractivity contribution in [1.29, 1.82) is 0 Å². The van der Waals surface area contributed by atoms with Crippen molar-refractivity contribution in [2.24, 2.45) is 0 Å². The summed E-state index contributed by atoms with van der Waals surface area (Å²) in [5, 5.41) is 0.545. The van der Waals surface area contributed by atoms with E-state index in [1.807, 2.05) is 12.1 Å². The van der Waals surface area contributed by atoms with Crippen LogP contribution in [-0.4, -0.2) is 31.1 Å². The number of anilines is 2. The van der Waals surface area contributed by atoms with Crippen LogP contribution in [0.5, 0.6) is 0 Å². The summed E-state index contributed by atoms with van der Waals surface area (Å²) in [7, 11) is -1.59.